The van der Waals surface area contributed by atoms with Gasteiger partial charge in [-0.25, -0.2) is 0 Å². The van der Waals surface area contributed by atoms with Crippen molar-refractivity contribution in [3.63, 3.8) is 0 Å². The lowest BCUT2D eigenvalue weighted by Crippen LogP contribution is -2.46. The van der Waals surface area contributed by atoms with Crippen molar-refractivity contribution in [3.8, 4) is 0 Å². The highest BCUT2D eigenvalue weighted by atomic mass is 16.5. The average Bonchev–Trinajstić information content (AvgIpc) is 2.33. The highest BCUT2D eigenvalue weighted by Crippen LogP contribution is 1.99. The van der Waals surface area contributed by atoms with E-state index in [1.807, 2.05) is 0 Å². The second-order valence-electron chi connectivity index (χ2n) is 6.36. The van der Waals surface area contributed by atoms with Crippen molar-refractivity contribution in [1.82, 2.24) is 0 Å². The predicted molar refractivity (Wildman–Crippen MR) is 78.3 cm³/mol. The Morgan fingerprint density at radius 1 is 0.579 bits per heavy atom. The van der Waals surface area contributed by atoms with Gasteiger partial charge in [-0.05, 0) is 0 Å². The summed E-state index contributed by atoms with van der Waals surface area (Å²) in [6.07, 6.45) is 0. The van der Waals surface area contributed by atoms with Gasteiger partial charge in [0, 0.05) is 14.2 Å². The second kappa shape index (κ2) is 9.66. The molecule has 0 saturated heterocycles. The highest BCUT2D eigenvalue weighted by molar-refractivity contribution is 4.38. The first kappa shape index (κ1) is 18.8. The van der Waals surface area contributed by atoms with E-state index in [0.717, 1.165) is 61.6 Å². The Hall–Kier alpha value is -0.200. The summed E-state index contributed by atoms with van der Waals surface area (Å²) in [7, 11) is 12.3. The summed E-state index contributed by atoms with van der Waals surface area (Å²) in [4.78, 5) is 0. The van der Waals surface area contributed by atoms with Crippen LogP contribution in [0.25, 0.3) is 0 Å². The minimum atomic E-state index is 0.800. The molecule has 0 aromatic carbocycles. The summed E-state index contributed by atoms with van der Waals surface area (Å²) in [5.41, 5.74) is 0. The standard InChI is InChI=1S/C14H34N2O3/c1-15(2,7-11-17-5)9-13-19-14-10-16(3,4)8-12-18-6/h7-14H2,1-6H3/q+2. The quantitative estimate of drug-likeness (QED) is 0.383. The van der Waals surface area contributed by atoms with Crippen LogP contribution in [-0.4, -0.2) is 104 Å². The number of hydrogen-bond acceptors (Lipinski definition) is 3. The van der Waals surface area contributed by atoms with Gasteiger partial charge < -0.3 is 23.2 Å². The Labute approximate surface area is 119 Å². The highest BCUT2D eigenvalue weighted by Gasteiger charge is 2.16. The number of rotatable bonds is 12. The fourth-order valence-electron chi connectivity index (χ4n) is 1.63. The molecule has 0 rings (SSSR count). The third-order valence-corrected chi connectivity index (χ3v) is 3.48. The van der Waals surface area contributed by atoms with Crippen molar-refractivity contribution in [3.05, 3.63) is 0 Å². The first-order valence-corrected chi connectivity index (χ1v) is 7.02. The molecule has 0 radical (unpaired) electrons. The molecule has 0 amide bonds. The number of likely N-dealkylation sites (N-methyl/N-ethyl adjacent to an activating group) is 2. The second-order valence-corrected chi connectivity index (χ2v) is 6.36. The smallest absolute Gasteiger partial charge is 0.102 e. The van der Waals surface area contributed by atoms with Crippen molar-refractivity contribution < 1.29 is 23.2 Å². The van der Waals surface area contributed by atoms with E-state index in [1.54, 1.807) is 14.2 Å². The van der Waals surface area contributed by atoms with E-state index in [1.165, 1.54) is 0 Å². The Morgan fingerprint density at radius 2 is 0.895 bits per heavy atom. The first-order chi connectivity index (χ1) is 8.83. The van der Waals surface area contributed by atoms with E-state index in [4.69, 9.17) is 14.2 Å². The maximum Gasteiger partial charge on any atom is 0.102 e. The van der Waals surface area contributed by atoms with E-state index in [2.05, 4.69) is 28.2 Å². The Morgan fingerprint density at radius 3 is 1.21 bits per heavy atom. The van der Waals surface area contributed by atoms with E-state index >= 15 is 0 Å². The molecular formula is C14H34N2O3+2. The molecule has 0 aromatic heterocycles. The van der Waals surface area contributed by atoms with Crippen LogP contribution in [0.3, 0.4) is 0 Å². The van der Waals surface area contributed by atoms with Gasteiger partial charge >= 0.3 is 0 Å². The van der Waals surface area contributed by atoms with Gasteiger partial charge in [-0.2, -0.15) is 0 Å². The fraction of sp³-hybridized carbons (Fsp3) is 1.00. The molecule has 0 aliphatic heterocycles. The summed E-state index contributed by atoms with van der Waals surface area (Å²) in [5, 5.41) is 0. The largest absolute Gasteiger partial charge is 0.379 e. The van der Waals surface area contributed by atoms with Crippen LogP contribution in [0.2, 0.25) is 0 Å². The molecule has 0 aliphatic rings. The molecule has 0 N–H and O–H groups in total. The van der Waals surface area contributed by atoms with Crippen LogP contribution in [0.15, 0.2) is 0 Å². The Bertz CT molecular complexity index is 199. The minimum absolute atomic E-state index is 0.800. The van der Waals surface area contributed by atoms with Crippen molar-refractivity contribution in [2.75, 3.05) is 95.0 Å². The third kappa shape index (κ3) is 11.3. The summed E-state index contributed by atoms with van der Waals surface area (Å²) >= 11 is 0. The molecule has 0 fully saturated rings. The average molecular weight is 278 g/mol. The maximum absolute atomic E-state index is 5.75. The minimum Gasteiger partial charge on any atom is -0.379 e. The number of hydrogen-bond donors (Lipinski definition) is 0. The van der Waals surface area contributed by atoms with Crippen LogP contribution in [-0.2, 0) is 14.2 Å². The lowest BCUT2D eigenvalue weighted by Gasteiger charge is -2.31. The zero-order valence-electron chi connectivity index (χ0n) is 13.8. The van der Waals surface area contributed by atoms with Gasteiger partial charge in [0.1, 0.15) is 26.2 Å². The fourth-order valence-corrected chi connectivity index (χ4v) is 1.63. The molecule has 0 aromatic rings. The van der Waals surface area contributed by atoms with Crippen molar-refractivity contribution in [1.29, 1.82) is 0 Å². The van der Waals surface area contributed by atoms with Gasteiger partial charge in [0.25, 0.3) is 0 Å². The zero-order chi connectivity index (χ0) is 14.8. The molecule has 0 saturated carbocycles. The van der Waals surface area contributed by atoms with Crippen LogP contribution in [0.5, 0.6) is 0 Å². The number of methoxy groups -OCH3 is 2. The summed E-state index contributed by atoms with van der Waals surface area (Å²) in [6.45, 7) is 7.30. The lowest BCUT2D eigenvalue weighted by atomic mass is 10.4. The first-order valence-electron chi connectivity index (χ1n) is 7.02. The van der Waals surface area contributed by atoms with Crippen LogP contribution in [0, 0.1) is 0 Å². The monoisotopic (exact) mass is 278 g/mol. The van der Waals surface area contributed by atoms with E-state index in [0.29, 0.717) is 0 Å². The SMILES string of the molecule is COCC[N+](C)(C)CCOCC[N+](C)(C)CCOC. The van der Waals surface area contributed by atoms with Gasteiger partial charge in [0.2, 0.25) is 0 Å². The Balaban J connectivity index is 3.63. The molecule has 5 nitrogen and oxygen atoms in total. The molecule has 0 spiro atoms. The summed E-state index contributed by atoms with van der Waals surface area (Å²) in [5.74, 6) is 0. The molecule has 19 heavy (non-hydrogen) atoms. The number of nitrogens with zero attached hydrogens (tertiary/aromatic N) is 2. The Kier molecular flexibility index (Phi) is 9.56. The van der Waals surface area contributed by atoms with Gasteiger partial charge in [-0.3, -0.25) is 0 Å². The molecule has 5 heteroatoms. The van der Waals surface area contributed by atoms with E-state index in [-0.39, 0.29) is 0 Å². The van der Waals surface area contributed by atoms with Crippen LogP contribution < -0.4 is 0 Å². The van der Waals surface area contributed by atoms with Crippen molar-refractivity contribution in [2.24, 2.45) is 0 Å². The predicted octanol–water partition coefficient (Wildman–Crippen LogP) is 0.449. The summed E-state index contributed by atoms with van der Waals surface area (Å²) < 4.78 is 17.9. The molecule has 0 unspecified atom stereocenters. The number of quaternary nitrogens is 2. The van der Waals surface area contributed by atoms with Gasteiger partial charge in [-0.15, -0.1) is 0 Å². The van der Waals surface area contributed by atoms with Gasteiger partial charge in [0.05, 0.1) is 54.6 Å². The number of ether oxygens (including phenoxy) is 3. The molecule has 0 heterocycles. The lowest BCUT2D eigenvalue weighted by molar-refractivity contribution is -0.894. The maximum atomic E-state index is 5.75. The van der Waals surface area contributed by atoms with E-state index in [9.17, 15) is 0 Å². The van der Waals surface area contributed by atoms with Crippen molar-refractivity contribution in [2.45, 2.75) is 0 Å². The molecule has 0 aliphatic carbocycles. The summed E-state index contributed by atoms with van der Waals surface area (Å²) in [6, 6.07) is 0. The third-order valence-electron chi connectivity index (χ3n) is 3.48. The van der Waals surface area contributed by atoms with E-state index < -0.39 is 0 Å². The van der Waals surface area contributed by atoms with Crippen molar-refractivity contribution >= 4 is 0 Å². The van der Waals surface area contributed by atoms with Crippen LogP contribution in [0.1, 0.15) is 0 Å². The topological polar surface area (TPSA) is 27.7 Å². The van der Waals surface area contributed by atoms with Crippen LogP contribution >= 0.6 is 0 Å². The molecule has 116 valence electrons. The molecule has 0 bridgehead atoms. The van der Waals surface area contributed by atoms with Gasteiger partial charge in [0.15, 0.2) is 0 Å². The van der Waals surface area contributed by atoms with Crippen LogP contribution in [0.4, 0.5) is 0 Å². The normalized spacial score (nSPS) is 12.9. The molecule has 0 atom stereocenters. The van der Waals surface area contributed by atoms with Gasteiger partial charge in [-0.1, -0.05) is 0 Å². The zero-order valence-corrected chi connectivity index (χ0v) is 13.8. The molecular weight excluding hydrogens is 244 g/mol.